The first-order valence-corrected chi connectivity index (χ1v) is 17.1. The standard InChI is InChI=1S/C38H44N4O8/c1-6-48-35(45)38-21-24(38)14-10-11-15-28(40-36(46)50-37(2,3)4)34(44)42-22-26(19-31(42)33(43)41-38)49-32-20-29(23-12-8-7-9-13-23)39-30-18-25(47-5)16-17-27(30)32/h7-10,12-14,16-18,20,24,26,28,31H,6,11,15,19,21-22H2,1-5H3,(H,40,46)(H,41,43)/b14-10-. The number of hydrogen-bond acceptors (Lipinski definition) is 9. The van der Waals surface area contributed by atoms with Crippen LogP contribution in [0.1, 0.15) is 53.4 Å². The van der Waals surface area contributed by atoms with Gasteiger partial charge in [0.15, 0.2) is 0 Å². The zero-order valence-electron chi connectivity index (χ0n) is 29.1. The molecule has 2 aliphatic heterocycles. The number of amides is 3. The van der Waals surface area contributed by atoms with Crippen LogP contribution in [-0.4, -0.2) is 83.3 Å². The van der Waals surface area contributed by atoms with Crippen LogP contribution in [0.15, 0.2) is 66.7 Å². The van der Waals surface area contributed by atoms with Gasteiger partial charge in [0, 0.05) is 35.4 Å². The largest absolute Gasteiger partial charge is 0.497 e. The molecule has 0 bridgehead atoms. The van der Waals surface area contributed by atoms with Gasteiger partial charge in [-0.15, -0.1) is 0 Å². The van der Waals surface area contributed by atoms with Crippen LogP contribution in [0.2, 0.25) is 0 Å². The molecule has 12 heteroatoms. The van der Waals surface area contributed by atoms with Gasteiger partial charge in [-0.25, -0.2) is 14.6 Å². The number of benzene rings is 2. The fraction of sp³-hybridized carbons (Fsp3) is 0.447. The highest BCUT2D eigenvalue weighted by Crippen LogP contribution is 2.46. The van der Waals surface area contributed by atoms with Crippen molar-refractivity contribution in [2.75, 3.05) is 20.3 Å². The summed E-state index contributed by atoms with van der Waals surface area (Å²) in [5, 5.41) is 6.43. The lowest BCUT2D eigenvalue weighted by atomic mass is 10.1. The van der Waals surface area contributed by atoms with Gasteiger partial charge in [0.05, 0.1) is 31.5 Å². The van der Waals surface area contributed by atoms with Crippen molar-refractivity contribution in [3.8, 4) is 22.8 Å². The molecule has 5 atom stereocenters. The number of fused-ring (bicyclic) bond motifs is 3. The third-order valence-electron chi connectivity index (χ3n) is 9.17. The highest BCUT2D eigenvalue weighted by Gasteiger charge is 2.62. The third kappa shape index (κ3) is 7.39. The number of pyridine rings is 1. The summed E-state index contributed by atoms with van der Waals surface area (Å²) < 4.78 is 23.0. The van der Waals surface area contributed by atoms with E-state index in [9.17, 15) is 19.2 Å². The molecule has 0 spiro atoms. The van der Waals surface area contributed by atoms with Gasteiger partial charge >= 0.3 is 12.1 Å². The van der Waals surface area contributed by atoms with Gasteiger partial charge in [0.2, 0.25) is 11.8 Å². The van der Waals surface area contributed by atoms with Gasteiger partial charge in [0.25, 0.3) is 0 Å². The Labute approximate surface area is 291 Å². The molecule has 3 aromatic rings. The van der Waals surface area contributed by atoms with Crippen LogP contribution in [0.3, 0.4) is 0 Å². The topological polar surface area (TPSA) is 145 Å². The molecule has 0 radical (unpaired) electrons. The smallest absolute Gasteiger partial charge is 0.408 e. The molecule has 1 saturated heterocycles. The molecule has 50 heavy (non-hydrogen) atoms. The first kappa shape index (κ1) is 34.7. The molecule has 1 aliphatic carbocycles. The average molecular weight is 685 g/mol. The number of hydrogen-bond donors (Lipinski definition) is 2. The lowest BCUT2D eigenvalue weighted by molar-refractivity contribution is -0.150. The quantitative estimate of drug-likeness (QED) is 0.261. The fourth-order valence-corrected chi connectivity index (χ4v) is 6.66. The van der Waals surface area contributed by atoms with Crippen LogP contribution in [0.4, 0.5) is 4.79 Å². The zero-order chi connectivity index (χ0) is 35.6. The van der Waals surface area contributed by atoms with Crippen LogP contribution in [0.25, 0.3) is 22.2 Å². The molecular weight excluding hydrogens is 640 g/mol. The van der Waals surface area contributed by atoms with Crippen LogP contribution >= 0.6 is 0 Å². The van der Waals surface area contributed by atoms with E-state index in [0.29, 0.717) is 35.6 Å². The monoisotopic (exact) mass is 684 g/mol. The number of ether oxygens (including phenoxy) is 4. The number of methoxy groups -OCH3 is 1. The molecular formula is C38H44N4O8. The SMILES string of the molecule is CCOC(=O)C12CC1/C=C\CCC(NC(=O)OC(C)(C)C)C(=O)N1CC(Oc3cc(-c4ccccc4)nc4cc(OC)ccc34)CC1C(=O)N2. The molecule has 3 amide bonds. The van der Waals surface area contributed by atoms with Crippen molar-refractivity contribution < 1.29 is 38.1 Å². The Balaban J connectivity index is 1.34. The van der Waals surface area contributed by atoms with Crippen molar-refractivity contribution in [3.63, 3.8) is 0 Å². The number of aromatic nitrogens is 1. The van der Waals surface area contributed by atoms with Gasteiger partial charge in [0.1, 0.15) is 40.8 Å². The summed E-state index contributed by atoms with van der Waals surface area (Å²) in [6.45, 7) is 7.19. The Hall–Kier alpha value is -5.13. The molecule has 6 rings (SSSR count). The molecule has 1 saturated carbocycles. The summed E-state index contributed by atoms with van der Waals surface area (Å²) in [4.78, 5) is 60.8. The Bertz CT molecular complexity index is 1810. The first-order chi connectivity index (χ1) is 23.9. The Kier molecular flexibility index (Phi) is 9.73. The van der Waals surface area contributed by atoms with Crippen molar-refractivity contribution in [3.05, 3.63) is 66.7 Å². The van der Waals surface area contributed by atoms with E-state index in [1.165, 1.54) is 4.90 Å². The number of nitrogens with one attached hydrogen (secondary N) is 2. The van der Waals surface area contributed by atoms with Gasteiger partial charge in [-0.05, 0) is 59.1 Å². The molecule has 5 unspecified atom stereocenters. The van der Waals surface area contributed by atoms with Gasteiger partial charge in [-0.2, -0.15) is 0 Å². The summed E-state index contributed by atoms with van der Waals surface area (Å²) in [5.41, 5.74) is 0.261. The molecule has 12 nitrogen and oxygen atoms in total. The maximum absolute atomic E-state index is 14.3. The van der Waals surface area contributed by atoms with Crippen molar-refractivity contribution in [1.82, 2.24) is 20.5 Å². The molecule has 264 valence electrons. The van der Waals surface area contributed by atoms with Gasteiger partial charge in [-0.1, -0.05) is 42.5 Å². The highest BCUT2D eigenvalue weighted by molar-refractivity contribution is 5.97. The van der Waals surface area contributed by atoms with E-state index in [2.05, 4.69) is 10.6 Å². The number of rotatable bonds is 7. The predicted molar refractivity (Wildman–Crippen MR) is 185 cm³/mol. The third-order valence-corrected chi connectivity index (χ3v) is 9.17. The number of nitrogens with zero attached hydrogens (tertiary/aromatic N) is 2. The lowest BCUT2D eigenvalue weighted by Crippen LogP contribution is -2.57. The van der Waals surface area contributed by atoms with E-state index in [1.807, 2.05) is 66.7 Å². The van der Waals surface area contributed by atoms with Crippen molar-refractivity contribution >= 4 is 34.8 Å². The maximum atomic E-state index is 14.3. The van der Waals surface area contributed by atoms with E-state index >= 15 is 0 Å². The molecule has 2 N–H and O–H groups in total. The van der Waals surface area contributed by atoms with Crippen molar-refractivity contribution in [1.29, 1.82) is 0 Å². The van der Waals surface area contributed by atoms with E-state index in [4.69, 9.17) is 23.9 Å². The van der Waals surface area contributed by atoms with E-state index < -0.39 is 53.2 Å². The summed E-state index contributed by atoms with van der Waals surface area (Å²) in [7, 11) is 1.59. The van der Waals surface area contributed by atoms with Crippen LogP contribution < -0.4 is 20.1 Å². The molecule has 2 fully saturated rings. The number of esters is 1. The minimum atomic E-state index is -1.20. The molecule has 2 aromatic carbocycles. The second-order valence-electron chi connectivity index (χ2n) is 13.9. The predicted octanol–water partition coefficient (Wildman–Crippen LogP) is 4.94. The average Bonchev–Trinajstić information content (AvgIpc) is 3.61. The number of carbonyl (C=O) groups is 4. The van der Waals surface area contributed by atoms with E-state index in [-0.39, 0.29) is 31.9 Å². The number of carbonyl (C=O) groups excluding carboxylic acids is 4. The summed E-state index contributed by atoms with van der Waals surface area (Å²) in [6.07, 6.45) is 3.67. The normalized spacial score (nSPS) is 25.6. The Morgan fingerprint density at radius 3 is 2.60 bits per heavy atom. The Morgan fingerprint density at radius 2 is 1.88 bits per heavy atom. The van der Waals surface area contributed by atoms with E-state index in [0.717, 1.165) is 10.9 Å². The first-order valence-electron chi connectivity index (χ1n) is 17.1. The van der Waals surface area contributed by atoms with Crippen molar-refractivity contribution in [2.24, 2.45) is 5.92 Å². The molecule has 1 aromatic heterocycles. The number of allylic oxidation sites excluding steroid dienone is 1. The van der Waals surface area contributed by atoms with Gasteiger partial charge in [-0.3, -0.25) is 9.59 Å². The Morgan fingerprint density at radius 1 is 1.10 bits per heavy atom. The summed E-state index contributed by atoms with van der Waals surface area (Å²) >= 11 is 0. The summed E-state index contributed by atoms with van der Waals surface area (Å²) in [6, 6.07) is 15.1. The van der Waals surface area contributed by atoms with Crippen LogP contribution in [-0.2, 0) is 23.9 Å². The van der Waals surface area contributed by atoms with Gasteiger partial charge < -0.3 is 34.5 Å². The number of alkyl carbamates (subject to hydrolysis) is 1. The van der Waals surface area contributed by atoms with Crippen LogP contribution in [0.5, 0.6) is 11.5 Å². The highest BCUT2D eigenvalue weighted by atomic mass is 16.6. The van der Waals surface area contributed by atoms with E-state index in [1.54, 1.807) is 34.8 Å². The second-order valence-corrected chi connectivity index (χ2v) is 13.9. The maximum Gasteiger partial charge on any atom is 0.408 e. The minimum Gasteiger partial charge on any atom is -0.497 e. The van der Waals surface area contributed by atoms with Crippen molar-refractivity contribution in [2.45, 2.75) is 82.7 Å². The second kappa shape index (κ2) is 14.0. The lowest BCUT2D eigenvalue weighted by Gasteiger charge is -2.30. The molecule has 3 heterocycles. The van der Waals surface area contributed by atoms with Crippen LogP contribution in [0, 0.1) is 5.92 Å². The minimum absolute atomic E-state index is 0.0652. The summed E-state index contributed by atoms with van der Waals surface area (Å²) in [5.74, 6) is -0.510. The molecule has 3 aliphatic rings. The fourth-order valence-electron chi connectivity index (χ4n) is 6.66. The zero-order valence-corrected chi connectivity index (χ0v) is 29.1.